The highest BCUT2D eigenvalue weighted by molar-refractivity contribution is 7.98. The molecule has 0 aromatic carbocycles. The Morgan fingerprint density at radius 1 is 1.47 bits per heavy atom. The molecule has 1 heterocycles. The molecule has 4 atom stereocenters. The van der Waals surface area contributed by atoms with Gasteiger partial charge in [0.2, 0.25) is 5.91 Å². The van der Waals surface area contributed by atoms with E-state index < -0.39 is 0 Å². The number of hydrogen-bond acceptors (Lipinski definition) is 3. The molecule has 3 nitrogen and oxygen atoms in total. The molecule has 4 heteroatoms. The molecule has 1 rings (SSSR count). The fourth-order valence-electron chi connectivity index (χ4n) is 2.36. The number of carbonyl (C=O) groups excluding carboxylic acids is 1. The monoisotopic (exact) mass is 258 g/mol. The molecule has 4 unspecified atom stereocenters. The summed E-state index contributed by atoms with van der Waals surface area (Å²) in [7, 11) is 0. The molecule has 1 amide bonds. The number of nitrogens with zero attached hydrogens (tertiary/aromatic N) is 1. The maximum absolute atomic E-state index is 12.3. The van der Waals surface area contributed by atoms with Gasteiger partial charge in [0, 0.05) is 6.54 Å². The van der Waals surface area contributed by atoms with Crippen LogP contribution in [0.3, 0.4) is 0 Å². The molecule has 0 radical (unpaired) electrons. The molecule has 1 aliphatic rings. The first-order valence-electron chi connectivity index (χ1n) is 6.56. The lowest BCUT2D eigenvalue weighted by molar-refractivity contribution is -0.131. The average molecular weight is 258 g/mol. The van der Waals surface area contributed by atoms with Gasteiger partial charge in [-0.15, -0.1) is 0 Å². The van der Waals surface area contributed by atoms with Crippen molar-refractivity contribution in [3.63, 3.8) is 0 Å². The van der Waals surface area contributed by atoms with E-state index in [4.69, 9.17) is 0 Å². The highest BCUT2D eigenvalue weighted by Gasteiger charge is 2.38. The minimum Gasteiger partial charge on any atom is -0.326 e. The minimum atomic E-state index is 0.0245. The molecule has 1 fully saturated rings. The summed E-state index contributed by atoms with van der Waals surface area (Å²) in [5.41, 5.74) is 0. The number of hydrogen-bond donors (Lipinski definition) is 1. The number of amides is 1. The van der Waals surface area contributed by atoms with Crippen LogP contribution in [0.25, 0.3) is 0 Å². The van der Waals surface area contributed by atoms with Gasteiger partial charge < -0.3 is 4.90 Å². The average Bonchev–Trinajstić information content (AvgIpc) is 2.56. The Bertz CT molecular complexity index is 260. The first-order chi connectivity index (χ1) is 8.01. The van der Waals surface area contributed by atoms with Crippen LogP contribution in [0.1, 0.15) is 34.1 Å². The number of thioether (sulfide) groups is 1. The normalized spacial score (nSPS) is 28.5. The Morgan fingerprint density at radius 2 is 2.12 bits per heavy atom. The summed E-state index contributed by atoms with van der Waals surface area (Å²) in [6, 6.07) is 0.0245. The topological polar surface area (TPSA) is 32.3 Å². The highest BCUT2D eigenvalue weighted by Crippen LogP contribution is 2.20. The van der Waals surface area contributed by atoms with Crippen LogP contribution in [0.5, 0.6) is 0 Å². The molecule has 0 aliphatic carbocycles. The van der Waals surface area contributed by atoms with Crippen molar-refractivity contribution in [1.82, 2.24) is 10.2 Å². The Balaban J connectivity index is 2.59. The lowest BCUT2D eigenvalue weighted by Gasteiger charge is -2.24. The second-order valence-corrected chi connectivity index (χ2v) is 6.17. The zero-order chi connectivity index (χ0) is 13.0. The Hall–Kier alpha value is -0.220. The molecule has 0 spiro atoms. The molecule has 100 valence electrons. The van der Waals surface area contributed by atoms with Gasteiger partial charge in [-0.1, -0.05) is 27.2 Å². The standard InChI is InChI=1S/C13H26N2OS/c1-6-10(3)12-13(16)15(11(4)14-12)7-9(2)8-17-5/h9-12,14H,6-8H2,1-5H3. The van der Waals surface area contributed by atoms with Gasteiger partial charge in [0.05, 0.1) is 12.2 Å². The van der Waals surface area contributed by atoms with Crippen molar-refractivity contribution in [2.75, 3.05) is 18.6 Å². The summed E-state index contributed by atoms with van der Waals surface area (Å²) < 4.78 is 0. The minimum absolute atomic E-state index is 0.0245. The molecule has 17 heavy (non-hydrogen) atoms. The quantitative estimate of drug-likeness (QED) is 0.792. The highest BCUT2D eigenvalue weighted by atomic mass is 32.2. The summed E-state index contributed by atoms with van der Waals surface area (Å²) in [5, 5.41) is 3.42. The first-order valence-corrected chi connectivity index (χ1v) is 7.96. The maximum atomic E-state index is 12.3. The largest absolute Gasteiger partial charge is 0.326 e. The van der Waals surface area contributed by atoms with Crippen LogP contribution in [-0.2, 0) is 4.79 Å². The smallest absolute Gasteiger partial charge is 0.241 e. The zero-order valence-corrected chi connectivity index (χ0v) is 12.5. The predicted molar refractivity (Wildman–Crippen MR) is 75.1 cm³/mol. The van der Waals surface area contributed by atoms with Crippen molar-refractivity contribution in [3.05, 3.63) is 0 Å². The van der Waals surface area contributed by atoms with E-state index >= 15 is 0 Å². The number of nitrogens with one attached hydrogen (secondary N) is 1. The lowest BCUT2D eigenvalue weighted by Crippen LogP contribution is -2.38. The Labute approximate surface area is 110 Å². The molecule has 1 aliphatic heterocycles. The summed E-state index contributed by atoms with van der Waals surface area (Å²) in [5.74, 6) is 2.39. The van der Waals surface area contributed by atoms with Crippen LogP contribution in [0, 0.1) is 11.8 Å². The fraction of sp³-hybridized carbons (Fsp3) is 0.923. The van der Waals surface area contributed by atoms with Gasteiger partial charge in [-0.05, 0) is 30.8 Å². The molecular weight excluding hydrogens is 232 g/mol. The van der Waals surface area contributed by atoms with E-state index in [2.05, 4.69) is 39.3 Å². The van der Waals surface area contributed by atoms with E-state index in [0.29, 0.717) is 17.7 Å². The summed E-state index contributed by atoms with van der Waals surface area (Å²) in [6.07, 6.45) is 3.35. The third-order valence-corrected chi connectivity index (χ3v) is 4.51. The molecule has 1 saturated heterocycles. The second-order valence-electron chi connectivity index (χ2n) is 5.26. The van der Waals surface area contributed by atoms with Gasteiger partial charge in [-0.25, -0.2) is 0 Å². The molecule has 1 N–H and O–H groups in total. The fourth-order valence-corrected chi connectivity index (χ4v) is 3.03. The van der Waals surface area contributed by atoms with Gasteiger partial charge in [0.15, 0.2) is 0 Å². The van der Waals surface area contributed by atoms with Gasteiger partial charge in [0.25, 0.3) is 0 Å². The lowest BCUT2D eigenvalue weighted by atomic mass is 9.99. The van der Waals surface area contributed by atoms with E-state index in [9.17, 15) is 4.79 Å². The molecule has 0 aromatic rings. The molecule has 0 saturated carbocycles. The predicted octanol–water partition coefficient (Wildman–Crippen LogP) is 2.18. The van der Waals surface area contributed by atoms with Crippen molar-refractivity contribution in [2.45, 2.75) is 46.3 Å². The van der Waals surface area contributed by atoms with Gasteiger partial charge >= 0.3 is 0 Å². The van der Waals surface area contributed by atoms with E-state index in [1.54, 1.807) is 0 Å². The second kappa shape index (κ2) is 6.64. The molecule has 0 aromatic heterocycles. The first kappa shape index (κ1) is 14.8. The Kier molecular flexibility index (Phi) is 5.80. The molecule has 0 bridgehead atoms. The van der Waals surface area contributed by atoms with Crippen LogP contribution in [0.15, 0.2) is 0 Å². The van der Waals surface area contributed by atoms with Crippen molar-refractivity contribution in [1.29, 1.82) is 0 Å². The zero-order valence-electron chi connectivity index (χ0n) is 11.7. The molecular formula is C13H26N2OS. The van der Waals surface area contributed by atoms with E-state index in [1.165, 1.54) is 0 Å². The van der Waals surface area contributed by atoms with Crippen molar-refractivity contribution in [2.24, 2.45) is 11.8 Å². The third-order valence-electron chi connectivity index (χ3n) is 3.61. The van der Waals surface area contributed by atoms with Crippen LogP contribution in [-0.4, -0.2) is 41.6 Å². The SMILES string of the molecule is CCC(C)C1NC(C)N(CC(C)CSC)C1=O. The number of carbonyl (C=O) groups is 1. The van der Waals surface area contributed by atoms with Crippen molar-refractivity contribution < 1.29 is 4.79 Å². The summed E-state index contributed by atoms with van der Waals surface area (Å²) in [6.45, 7) is 9.47. The van der Waals surface area contributed by atoms with Crippen LogP contribution in [0.2, 0.25) is 0 Å². The van der Waals surface area contributed by atoms with Crippen molar-refractivity contribution >= 4 is 17.7 Å². The Morgan fingerprint density at radius 3 is 2.65 bits per heavy atom. The van der Waals surface area contributed by atoms with Gasteiger partial charge in [-0.2, -0.15) is 11.8 Å². The third kappa shape index (κ3) is 3.62. The summed E-state index contributed by atoms with van der Waals surface area (Å²) >= 11 is 1.85. The van der Waals surface area contributed by atoms with Crippen LogP contribution < -0.4 is 5.32 Å². The van der Waals surface area contributed by atoms with Gasteiger partial charge in [-0.3, -0.25) is 10.1 Å². The van der Waals surface area contributed by atoms with E-state index in [1.807, 2.05) is 16.7 Å². The van der Waals surface area contributed by atoms with Crippen LogP contribution in [0.4, 0.5) is 0 Å². The summed E-state index contributed by atoms with van der Waals surface area (Å²) in [4.78, 5) is 14.3. The maximum Gasteiger partial charge on any atom is 0.241 e. The van der Waals surface area contributed by atoms with Gasteiger partial charge in [0.1, 0.15) is 0 Å². The number of rotatable bonds is 6. The van der Waals surface area contributed by atoms with E-state index in [0.717, 1.165) is 18.7 Å². The van der Waals surface area contributed by atoms with Crippen molar-refractivity contribution in [3.8, 4) is 0 Å². The van der Waals surface area contributed by atoms with Crippen LogP contribution >= 0.6 is 11.8 Å². The van der Waals surface area contributed by atoms with E-state index in [-0.39, 0.29) is 12.2 Å².